The molecule has 0 fully saturated rings. The molecule has 18 heavy (non-hydrogen) atoms. The molecule has 96 valence electrons. The lowest BCUT2D eigenvalue weighted by Crippen LogP contribution is -2.18. The van der Waals surface area contributed by atoms with E-state index in [2.05, 4.69) is 12.2 Å². The molecule has 1 unspecified atom stereocenters. The Labute approximate surface area is 110 Å². The molecule has 1 N–H and O–H groups in total. The van der Waals surface area contributed by atoms with Crippen molar-refractivity contribution < 1.29 is 4.92 Å². The molecule has 6 heteroatoms. The van der Waals surface area contributed by atoms with Crippen LogP contribution in [0.25, 0.3) is 0 Å². The van der Waals surface area contributed by atoms with Gasteiger partial charge < -0.3 is 5.32 Å². The van der Waals surface area contributed by atoms with Crippen LogP contribution in [0, 0.1) is 21.4 Å². The van der Waals surface area contributed by atoms with E-state index in [4.69, 9.17) is 5.26 Å². The van der Waals surface area contributed by atoms with Crippen LogP contribution in [0.1, 0.15) is 19.4 Å². The highest BCUT2D eigenvalue weighted by Gasteiger charge is 2.15. The van der Waals surface area contributed by atoms with Gasteiger partial charge in [-0.2, -0.15) is 17.0 Å². The number of nitrogens with zero attached hydrogens (tertiary/aromatic N) is 2. The lowest BCUT2D eigenvalue weighted by Gasteiger charge is -2.14. The van der Waals surface area contributed by atoms with E-state index in [1.165, 1.54) is 18.2 Å². The van der Waals surface area contributed by atoms with E-state index in [-0.39, 0.29) is 11.7 Å². The van der Waals surface area contributed by atoms with E-state index in [1.54, 1.807) is 11.8 Å². The minimum absolute atomic E-state index is 0.00217. The summed E-state index contributed by atoms with van der Waals surface area (Å²) in [5, 5.41) is 22.8. The van der Waals surface area contributed by atoms with Gasteiger partial charge in [0.2, 0.25) is 0 Å². The second-order valence-corrected chi connectivity index (χ2v) is 5.12. The summed E-state index contributed by atoms with van der Waals surface area (Å²) in [7, 11) is 0. The number of nitrogens with one attached hydrogen (secondary N) is 1. The fourth-order valence-corrected chi connectivity index (χ4v) is 2.15. The first kappa shape index (κ1) is 14.3. The molecule has 0 bridgehead atoms. The molecule has 0 saturated carbocycles. The summed E-state index contributed by atoms with van der Waals surface area (Å²) in [6.45, 7) is 4.03. The maximum atomic E-state index is 10.9. The minimum Gasteiger partial charge on any atom is -0.376 e. The van der Waals surface area contributed by atoms with Gasteiger partial charge in [0, 0.05) is 17.9 Å². The first-order chi connectivity index (χ1) is 8.58. The molecule has 0 heterocycles. The molecule has 0 saturated heterocycles. The molecule has 1 atom stereocenters. The van der Waals surface area contributed by atoms with Crippen LogP contribution in [0.3, 0.4) is 0 Å². The van der Waals surface area contributed by atoms with Gasteiger partial charge in [0.25, 0.3) is 5.69 Å². The minimum atomic E-state index is -0.441. The molecule has 0 aliphatic carbocycles. The third kappa shape index (κ3) is 3.93. The molecule has 0 amide bonds. The number of hydrogen-bond donors (Lipinski definition) is 1. The van der Waals surface area contributed by atoms with Gasteiger partial charge in [0.1, 0.15) is 5.69 Å². The van der Waals surface area contributed by atoms with Gasteiger partial charge in [-0.05, 0) is 24.8 Å². The predicted molar refractivity (Wildman–Crippen MR) is 73.9 cm³/mol. The number of nitro benzene ring substituents is 1. The van der Waals surface area contributed by atoms with E-state index in [0.29, 0.717) is 11.3 Å². The maximum Gasteiger partial charge on any atom is 0.292 e. The Morgan fingerprint density at radius 2 is 2.33 bits per heavy atom. The Balaban J connectivity index is 2.91. The van der Waals surface area contributed by atoms with Gasteiger partial charge >= 0.3 is 0 Å². The smallest absolute Gasteiger partial charge is 0.292 e. The molecule has 0 aliphatic rings. The Morgan fingerprint density at radius 3 is 2.89 bits per heavy atom. The molecule has 0 radical (unpaired) electrons. The van der Waals surface area contributed by atoms with Gasteiger partial charge in [-0.1, -0.05) is 6.92 Å². The Hall–Kier alpha value is -1.74. The zero-order chi connectivity index (χ0) is 13.5. The largest absolute Gasteiger partial charge is 0.376 e. The Kier molecular flexibility index (Phi) is 5.46. The normalized spacial score (nSPS) is 11.6. The van der Waals surface area contributed by atoms with Crippen LogP contribution in [0.5, 0.6) is 0 Å². The second-order valence-electron chi connectivity index (χ2n) is 3.81. The van der Waals surface area contributed by atoms with Gasteiger partial charge in [0.15, 0.2) is 0 Å². The van der Waals surface area contributed by atoms with E-state index in [9.17, 15) is 10.1 Å². The van der Waals surface area contributed by atoms with E-state index < -0.39 is 4.92 Å². The molecule has 0 aliphatic heterocycles. The summed E-state index contributed by atoms with van der Waals surface area (Å²) in [6, 6.07) is 6.43. The average Bonchev–Trinajstić information content (AvgIpc) is 2.35. The average molecular weight is 265 g/mol. The van der Waals surface area contributed by atoms with Crippen molar-refractivity contribution in [2.24, 2.45) is 0 Å². The second kappa shape index (κ2) is 6.87. The quantitative estimate of drug-likeness (QED) is 0.631. The van der Waals surface area contributed by atoms with Gasteiger partial charge in [-0.15, -0.1) is 0 Å². The fourth-order valence-electron chi connectivity index (χ4n) is 1.48. The van der Waals surface area contributed by atoms with Crippen LogP contribution in [0.2, 0.25) is 0 Å². The Morgan fingerprint density at radius 1 is 1.61 bits per heavy atom. The third-order valence-electron chi connectivity index (χ3n) is 2.30. The monoisotopic (exact) mass is 265 g/mol. The van der Waals surface area contributed by atoms with Crippen molar-refractivity contribution in [2.75, 3.05) is 16.8 Å². The van der Waals surface area contributed by atoms with Gasteiger partial charge in [-0.25, -0.2) is 0 Å². The van der Waals surface area contributed by atoms with Gasteiger partial charge in [-0.3, -0.25) is 10.1 Å². The number of benzene rings is 1. The van der Waals surface area contributed by atoms with Crippen LogP contribution < -0.4 is 5.32 Å². The lowest BCUT2D eigenvalue weighted by atomic mass is 10.1. The van der Waals surface area contributed by atoms with Crippen molar-refractivity contribution in [1.29, 1.82) is 5.26 Å². The zero-order valence-corrected chi connectivity index (χ0v) is 11.2. The first-order valence-electron chi connectivity index (χ1n) is 5.61. The predicted octanol–water partition coefficient (Wildman–Crippen LogP) is 3.02. The number of thioether (sulfide) groups is 1. The van der Waals surface area contributed by atoms with E-state index >= 15 is 0 Å². The zero-order valence-electron chi connectivity index (χ0n) is 10.3. The fraction of sp³-hybridized carbons (Fsp3) is 0.417. The van der Waals surface area contributed by atoms with Crippen LogP contribution >= 0.6 is 11.8 Å². The topological polar surface area (TPSA) is 79.0 Å². The van der Waals surface area contributed by atoms with Crippen molar-refractivity contribution in [3.05, 3.63) is 33.9 Å². The van der Waals surface area contributed by atoms with Crippen LogP contribution in [-0.2, 0) is 0 Å². The summed E-state index contributed by atoms with van der Waals surface area (Å²) in [5.74, 6) is 1.87. The number of rotatable bonds is 6. The van der Waals surface area contributed by atoms with Crippen molar-refractivity contribution in [3.63, 3.8) is 0 Å². The summed E-state index contributed by atoms with van der Waals surface area (Å²) >= 11 is 1.76. The Bertz CT molecular complexity index is 471. The molecule has 1 aromatic carbocycles. The summed E-state index contributed by atoms with van der Waals surface area (Å²) in [5.41, 5.74) is 0.823. The number of nitro groups is 1. The molecular formula is C12H15N3O2S. The number of hydrogen-bond acceptors (Lipinski definition) is 5. The van der Waals surface area contributed by atoms with Crippen LogP contribution in [-0.4, -0.2) is 22.5 Å². The first-order valence-corrected chi connectivity index (χ1v) is 6.76. The van der Waals surface area contributed by atoms with Crippen LogP contribution in [0.4, 0.5) is 11.4 Å². The van der Waals surface area contributed by atoms with E-state index in [0.717, 1.165) is 11.5 Å². The third-order valence-corrected chi connectivity index (χ3v) is 3.44. The molecule has 1 aromatic rings. The SMILES string of the molecule is CCSCC(C)Nc1cc(C#N)ccc1[N+](=O)[O-]. The highest BCUT2D eigenvalue weighted by Crippen LogP contribution is 2.26. The van der Waals surface area contributed by atoms with Crippen molar-refractivity contribution in [1.82, 2.24) is 0 Å². The van der Waals surface area contributed by atoms with Crippen molar-refractivity contribution in [2.45, 2.75) is 19.9 Å². The molecule has 1 rings (SSSR count). The summed E-state index contributed by atoms with van der Waals surface area (Å²) < 4.78 is 0. The maximum absolute atomic E-state index is 10.9. The summed E-state index contributed by atoms with van der Waals surface area (Å²) in [6.07, 6.45) is 0. The molecule has 5 nitrogen and oxygen atoms in total. The lowest BCUT2D eigenvalue weighted by molar-refractivity contribution is -0.384. The highest BCUT2D eigenvalue weighted by atomic mass is 32.2. The van der Waals surface area contributed by atoms with Crippen molar-refractivity contribution in [3.8, 4) is 6.07 Å². The standard InChI is InChI=1S/C12H15N3O2S/c1-3-18-8-9(2)14-11-6-10(7-13)4-5-12(11)15(16)17/h4-6,9,14H,3,8H2,1-2H3. The molecule has 0 spiro atoms. The molecule has 0 aromatic heterocycles. The number of anilines is 1. The van der Waals surface area contributed by atoms with E-state index in [1.807, 2.05) is 13.0 Å². The number of nitriles is 1. The van der Waals surface area contributed by atoms with Gasteiger partial charge in [0.05, 0.1) is 16.6 Å². The highest BCUT2D eigenvalue weighted by molar-refractivity contribution is 7.99. The molecular weight excluding hydrogens is 250 g/mol. The summed E-state index contributed by atoms with van der Waals surface area (Å²) in [4.78, 5) is 10.5. The van der Waals surface area contributed by atoms with Crippen LogP contribution in [0.15, 0.2) is 18.2 Å². The van der Waals surface area contributed by atoms with Crippen molar-refractivity contribution >= 4 is 23.1 Å².